The van der Waals surface area contributed by atoms with Crippen molar-refractivity contribution in [2.75, 3.05) is 12.4 Å². The molecule has 2 amide bonds. The minimum Gasteiger partial charge on any atom is -0.477 e. The standard InChI is InChI=1S/C16H18N4O6S/c1-3-19-5-9(4-17-19)13(22)18-11-14(23)20-12(16(24)25)10(6-26-8(2)21)7-27-15(11)20/h4-5,11,15H,3,6-7H2,1-2H3,(H,18,22)(H,24,25)/t11-,15-/m1/s1. The summed E-state index contributed by atoms with van der Waals surface area (Å²) in [6.45, 7) is 3.53. The van der Waals surface area contributed by atoms with Crippen LogP contribution in [0.15, 0.2) is 23.7 Å². The number of hydrogen-bond donors (Lipinski definition) is 2. The van der Waals surface area contributed by atoms with Crippen LogP contribution in [0.2, 0.25) is 0 Å². The third kappa shape index (κ3) is 3.54. The lowest BCUT2D eigenvalue weighted by molar-refractivity contribution is -0.149. The largest absolute Gasteiger partial charge is 0.477 e. The number of fused-ring (bicyclic) bond motifs is 1. The first kappa shape index (κ1) is 19.0. The lowest BCUT2D eigenvalue weighted by Gasteiger charge is -2.49. The number of carbonyl (C=O) groups excluding carboxylic acids is 3. The smallest absolute Gasteiger partial charge is 0.352 e. The molecule has 2 N–H and O–H groups in total. The van der Waals surface area contributed by atoms with Gasteiger partial charge in [0.1, 0.15) is 23.7 Å². The number of nitrogens with one attached hydrogen (secondary N) is 1. The number of aromatic nitrogens is 2. The molecule has 27 heavy (non-hydrogen) atoms. The summed E-state index contributed by atoms with van der Waals surface area (Å²) in [5.74, 6) is -2.48. The highest BCUT2D eigenvalue weighted by molar-refractivity contribution is 8.00. The van der Waals surface area contributed by atoms with Gasteiger partial charge >= 0.3 is 11.9 Å². The Morgan fingerprint density at radius 3 is 2.78 bits per heavy atom. The Bertz CT molecular complexity index is 848. The van der Waals surface area contributed by atoms with Crippen LogP contribution in [0.5, 0.6) is 0 Å². The van der Waals surface area contributed by atoms with E-state index < -0.39 is 35.2 Å². The van der Waals surface area contributed by atoms with E-state index >= 15 is 0 Å². The molecule has 10 nitrogen and oxygen atoms in total. The number of amides is 2. The van der Waals surface area contributed by atoms with Crippen molar-refractivity contribution in [1.29, 1.82) is 0 Å². The van der Waals surface area contributed by atoms with Crippen molar-refractivity contribution in [2.24, 2.45) is 0 Å². The van der Waals surface area contributed by atoms with Crippen LogP contribution < -0.4 is 5.32 Å². The number of ether oxygens (including phenoxy) is 1. The molecule has 1 aromatic rings. The van der Waals surface area contributed by atoms with Crippen LogP contribution in [-0.2, 0) is 25.7 Å². The number of β-lactam (4-membered cyclic amide) rings is 1. The van der Waals surface area contributed by atoms with Gasteiger partial charge < -0.3 is 15.2 Å². The Kier molecular flexibility index (Phi) is 5.22. The molecule has 11 heteroatoms. The molecule has 1 saturated heterocycles. The molecule has 1 fully saturated rings. The second kappa shape index (κ2) is 7.43. The topological polar surface area (TPSA) is 131 Å². The first-order chi connectivity index (χ1) is 12.8. The zero-order valence-electron chi connectivity index (χ0n) is 14.7. The van der Waals surface area contributed by atoms with Crippen LogP contribution in [0.3, 0.4) is 0 Å². The monoisotopic (exact) mass is 394 g/mol. The van der Waals surface area contributed by atoms with Gasteiger partial charge in [0, 0.05) is 31.0 Å². The van der Waals surface area contributed by atoms with Crippen LogP contribution in [0.4, 0.5) is 0 Å². The molecular weight excluding hydrogens is 376 g/mol. The number of rotatable bonds is 6. The molecule has 0 unspecified atom stereocenters. The van der Waals surface area contributed by atoms with Gasteiger partial charge in [-0.3, -0.25) is 24.0 Å². The average molecular weight is 394 g/mol. The first-order valence-electron chi connectivity index (χ1n) is 8.20. The molecule has 0 radical (unpaired) electrons. The van der Waals surface area contributed by atoms with E-state index in [1.807, 2.05) is 6.92 Å². The molecule has 2 aliphatic heterocycles. The normalized spacial score (nSPS) is 21.4. The number of esters is 1. The predicted molar refractivity (Wildman–Crippen MR) is 93.5 cm³/mol. The van der Waals surface area contributed by atoms with Gasteiger partial charge in [-0.1, -0.05) is 0 Å². The summed E-state index contributed by atoms with van der Waals surface area (Å²) in [7, 11) is 0. The van der Waals surface area contributed by atoms with Gasteiger partial charge in [0.15, 0.2) is 0 Å². The second-order valence-corrected chi connectivity index (χ2v) is 7.09. The maximum atomic E-state index is 12.5. The molecule has 1 aromatic heterocycles. The highest BCUT2D eigenvalue weighted by atomic mass is 32.2. The van der Waals surface area contributed by atoms with Gasteiger partial charge in [-0.25, -0.2) is 4.79 Å². The molecule has 2 atom stereocenters. The molecule has 0 aromatic carbocycles. The lowest BCUT2D eigenvalue weighted by atomic mass is 10.0. The molecule has 0 bridgehead atoms. The van der Waals surface area contributed by atoms with E-state index in [-0.39, 0.29) is 18.1 Å². The Labute approximate surface area is 158 Å². The number of thioether (sulfide) groups is 1. The van der Waals surface area contributed by atoms with Gasteiger partial charge in [0.05, 0.1) is 11.8 Å². The number of nitrogens with zero attached hydrogens (tertiary/aromatic N) is 3. The van der Waals surface area contributed by atoms with Gasteiger partial charge in [0.2, 0.25) is 0 Å². The predicted octanol–water partition coefficient (Wildman–Crippen LogP) is -0.182. The fourth-order valence-electron chi connectivity index (χ4n) is 2.86. The Hall–Kier alpha value is -2.82. The van der Waals surface area contributed by atoms with E-state index in [2.05, 4.69) is 10.4 Å². The molecule has 0 aliphatic carbocycles. The fraction of sp³-hybridized carbons (Fsp3) is 0.438. The summed E-state index contributed by atoms with van der Waals surface area (Å²) >= 11 is 1.31. The van der Waals surface area contributed by atoms with Crippen molar-refractivity contribution < 1.29 is 29.0 Å². The molecule has 0 saturated carbocycles. The quantitative estimate of drug-likeness (QED) is 0.502. The van der Waals surface area contributed by atoms with Crippen LogP contribution in [0.1, 0.15) is 24.2 Å². The molecule has 3 rings (SSSR count). The zero-order chi connectivity index (χ0) is 19.7. The summed E-state index contributed by atoms with van der Waals surface area (Å²) in [5, 5.41) is 15.6. The summed E-state index contributed by atoms with van der Waals surface area (Å²) in [5.41, 5.74) is 0.490. The minimum atomic E-state index is -1.27. The number of carboxylic acid groups (broad SMARTS) is 1. The van der Waals surface area contributed by atoms with Crippen LogP contribution >= 0.6 is 11.8 Å². The molecule has 2 aliphatic rings. The van der Waals surface area contributed by atoms with Gasteiger partial charge in [0.25, 0.3) is 11.8 Å². The van der Waals surface area contributed by atoms with Crippen molar-refractivity contribution in [3.63, 3.8) is 0 Å². The van der Waals surface area contributed by atoms with Crippen molar-refractivity contribution in [1.82, 2.24) is 20.0 Å². The average Bonchev–Trinajstić information content (AvgIpc) is 3.12. The molecular formula is C16H18N4O6S. The third-order valence-corrected chi connectivity index (χ3v) is 5.55. The van der Waals surface area contributed by atoms with Crippen LogP contribution in [-0.4, -0.2) is 67.3 Å². The summed E-state index contributed by atoms with van der Waals surface area (Å²) in [4.78, 5) is 48.6. The van der Waals surface area contributed by atoms with E-state index in [1.165, 1.54) is 24.9 Å². The maximum Gasteiger partial charge on any atom is 0.352 e. The summed E-state index contributed by atoms with van der Waals surface area (Å²) in [6.07, 6.45) is 2.98. The van der Waals surface area contributed by atoms with Crippen molar-refractivity contribution >= 4 is 35.5 Å². The van der Waals surface area contributed by atoms with E-state index in [1.54, 1.807) is 10.9 Å². The number of carbonyl (C=O) groups is 4. The van der Waals surface area contributed by atoms with Crippen molar-refractivity contribution in [3.05, 3.63) is 29.2 Å². The SMILES string of the molecule is CCn1cc(C(=O)N[C@@H]2C(=O)N3C(C(=O)O)=C(COC(C)=O)CS[C@H]23)cn1. The highest BCUT2D eigenvalue weighted by Crippen LogP contribution is 2.40. The lowest BCUT2D eigenvalue weighted by Crippen LogP contribution is -2.70. The Morgan fingerprint density at radius 1 is 1.44 bits per heavy atom. The number of hydrogen-bond acceptors (Lipinski definition) is 7. The van der Waals surface area contributed by atoms with E-state index in [0.717, 1.165) is 4.90 Å². The molecule has 0 spiro atoms. The number of aliphatic carboxylic acids is 1. The number of carboxylic acids is 1. The van der Waals surface area contributed by atoms with Crippen molar-refractivity contribution in [3.8, 4) is 0 Å². The third-order valence-electron chi connectivity index (χ3n) is 4.21. The first-order valence-corrected chi connectivity index (χ1v) is 9.25. The Morgan fingerprint density at radius 2 is 2.19 bits per heavy atom. The fourth-order valence-corrected chi connectivity index (χ4v) is 4.19. The van der Waals surface area contributed by atoms with Crippen molar-refractivity contribution in [2.45, 2.75) is 31.8 Å². The van der Waals surface area contributed by atoms with E-state index in [9.17, 15) is 24.3 Å². The molecule has 3 heterocycles. The van der Waals surface area contributed by atoms with Crippen LogP contribution in [0.25, 0.3) is 0 Å². The second-order valence-electron chi connectivity index (χ2n) is 5.98. The minimum absolute atomic E-state index is 0.186. The van der Waals surface area contributed by atoms with Crippen LogP contribution in [0, 0.1) is 0 Å². The highest BCUT2D eigenvalue weighted by Gasteiger charge is 2.54. The summed E-state index contributed by atoms with van der Waals surface area (Å²) in [6, 6.07) is -0.822. The maximum absolute atomic E-state index is 12.5. The van der Waals surface area contributed by atoms with E-state index in [0.29, 0.717) is 17.7 Å². The molecule has 144 valence electrons. The Balaban J connectivity index is 1.74. The van der Waals surface area contributed by atoms with Gasteiger partial charge in [-0.2, -0.15) is 5.10 Å². The van der Waals surface area contributed by atoms with E-state index in [4.69, 9.17) is 4.74 Å². The summed E-state index contributed by atoms with van der Waals surface area (Å²) < 4.78 is 6.47. The number of aryl methyl sites for hydroxylation is 1. The zero-order valence-corrected chi connectivity index (χ0v) is 15.5. The van der Waals surface area contributed by atoms with Gasteiger partial charge in [-0.05, 0) is 6.92 Å². The van der Waals surface area contributed by atoms with Gasteiger partial charge in [-0.15, -0.1) is 11.8 Å².